The minimum atomic E-state index is 0.429. The normalized spacial score (nSPS) is 12.8. The number of rotatable bonds is 10. The Balaban J connectivity index is 2.20. The maximum Gasteiger partial charge on any atom is 0.0800 e. The molecule has 1 aromatic rings. The maximum atomic E-state index is 4.99. The lowest BCUT2D eigenvalue weighted by Gasteiger charge is -2.14. The predicted octanol–water partition coefficient (Wildman–Crippen LogP) is 1.20. The van der Waals surface area contributed by atoms with Gasteiger partial charge in [0.05, 0.1) is 17.2 Å². The molecule has 1 heterocycles. The average molecular weight is 272 g/mol. The summed E-state index contributed by atoms with van der Waals surface area (Å²) in [6, 6.07) is 0.429. The van der Waals surface area contributed by atoms with Crippen LogP contribution in [0.1, 0.15) is 30.8 Å². The highest BCUT2D eigenvalue weighted by Crippen LogP contribution is 2.12. The predicted molar refractivity (Wildman–Crippen MR) is 75.0 cm³/mol. The van der Waals surface area contributed by atoms with Crippen molar-refractivity contribution in [1.82, 2.24) is 20.2 Å². The van der Waals surface area contributed by atoms with Gasteiger partial charge in [-0.05, 0) is 24.9 Å². The third-order valence-corrected chi connectivity index (χ3v) is 3.43. The third-order valence-electron chi connectivity index (χ3n) is 2.67. The van der Waals surface area contributed by atoms with Crippen molar-refractivity contribution < 1.29 is 4.74 Å². The van der Waals surface area contributed by atoms with Crippen molar-refractivity contribution in [2.75, 3.05) is 26.8 Å². The number of ether oxygens (including phenoxy) is 1. The summed E-state index contributed by atoms with van der Waals surface area (Å²) in [5.41, 5.74) is 1.15. The van der Waals surface area contributed by atoms with Crippen molar-refractivity contribution in [3.05, 3.63) is 10.6 Å². The molecule has 0 saturated carbocycles. The van der Waals surface area contributed by atoms with Crippen LogP contribution < -0.4 is 10.6 Å². The highest BCUT2D eigenvalue weighted by molar-refractivity contribution is 7.05. The fourth-order valence-electron chi connectivity index (χ4n) is 1.62. The van der Waals surface area contributed by atoms with Crippen molar-refractivity contribution in [2.24, 2.45) is 0 Å². The average Bonchev–Trinajstić information content (AvgIpc) is 2.80. The van der Waals surface area contributed by atoms with Crippen LogP contribution in [0.5, 0.6) is 0 Å². The van der Waals surface area contributed by atoms with Crippen LogP contribution in [-0.4, -0.2) is 42.4 Å². The van der Waals surface area contributed by atoms with Gasteiger partial charge in [-0.3, -0.25) is 0 Å². The van der Waals surface area contributed by atoms with Crippen LogP contribution in [-0.2, 0) is 17.7 Å². The molecule has 0 aliphatic rings. The standard InChI is InChI=1S/C12H24N4OS/c1-4-5-11-12(18-16-15-11)9-14-10(2)8-13-6-7-17-3/h10,13-14H,4-9H2,1-3H3. The molecule has 104 valence electrons. The monoisotopic (exact) mass is 272 g/mol. The second kappa shape index (κ2) is 9.38. The van der Waals surface area contributed by atoms with Gasteiger partial charge in [0.2, 0.25) is 0 Å². The van der Waals surface area contributed by atoms with Crippen molar-refractivity contribution in [3.8, 4) is 0 Å². The Morgan fingerprint density at radius 3 is 3.00 bits per heavy atom. The molecule has 6 heteroatoms. The summed E-state index contributed by atoms with van der Waals surface area (Å²) in [6.45, 7) is 7.79. The summed E-state index contributed by atoms with van der Waals surface area (Å²) in [6.07, 6.45) is 2.14. The van der Waals surface area contributed by atoms with E-state index in [1.807, 2.05) is 0 Å². The van der Waals surface area contributed by atoms with Gasteiger partial charge < -0.3 is 15.4 Å². The summed E-state index contributed by atoms with van der Waals surface area (Å²) in [4.78, 5) is 1.26. The molecule has 1 rings (SSSR count). The number of hydrogen-bond acceptors (Lipinski definition) is 6. The Bertz CT molecular complexity index is 319. The summed E-state index contributed by atoms with van der Waals surface area (Å²) < 4.78 is 9.01. The fourth-order valence-corrected chi connectivity index (χ4v) is 2.25. The molecule has 2 N–H and O–H groups in total. The van der Waals surface area contributed by atoms with Crippen LogP contribution in [0, 0.1) is 0 Å². The van der Waals surface area contributed by atoms with E-state index in [1.54, 1.807) is 7.11 Å². The van der Waals surface area contributed by atoms with Crippen molar-refractivity contribution in [3.63, 3.8) is 0 Å². The lowest BCUT2D eigenvalue weighted by molar-refractivity contribution is 0.198. The number of aryl methyl sites for hydroxylation is 1. The Morgan fingerprint density at radius 2 is 2.28 bits per heavy atom. The number of aromatic nitrogens is 2. The van der Waals surface area contributed by atoms with E-state index in [4.69, 9.17) is 4.74 Å². The first-order valence-electron chi connectivity index (χ1n) is 6.51. The molecule has 5 nitrogen and oxygen atoms in total. The summed E-state index contributed by atoms with van der Waals surface area (Å²) in [7, 11) is 1.72. The maximum absolute atomic E-state index is 4.99. The number of nitrogens with one attached hydrogen (secondary N) is 2. The highest BCUT2D eigenvalue weighted by Gasteiger charge is 2.08. The van der Waals surface area contributed by atoms with E-state index in [-0.39, 0.29) is 0 Å². The summed E-state index contributed by atoms with van der Waals surface area (Å²) in [5.74, 6) is 0. The van der Waals surface area contributed by atoms with Crippen molar-refractivity contribution in [1.29, 1.82) is 0 Å². The van der Waals surface area contributed by atoms with E-state index in [9.17, 15) is 0 Å². The molecule has 0 spiro atoms. The molecule has 1 aromatic heterocycles. The van der Waals surface area contributed by atoms with Gasteiger partial charge in [-0.1, -0.05) is 17.8 Å². The fraction of sp³-hybridized carbons (Fsp3) is 0.833. The summed E-state index contributed by atoms with van der Waals surface area (Å²) in [5, 5.41) is 11.0. The molecule has 0 radical (unpaired) electrons. The van der Waals surface area contributed by atoms with Crippen LogP contribution in [0.4, 0.5) is 0 Å². The molecule has 0 fully saturated rings. The van der Waals surface area contributed by atoms with Crippen LogP contribution in [0.2, 0.25) is 0 Å². The first kappa shape index (κ1) is 15.5. The molecule has 18 heavy (non-hydrogen) atoms. The van der Waals surface area contributed by atoms with Crippen LogP contribution in [0.15, 0.2) is 0 Å². The highest BCUT2D eigenvalue weighted by atomic mass is 32.1. The van der Waals surface area contributed by atoms with Gasteiger partial charge in [0.15, 0.2) is 0 Å². The van der Waals surface area contributed by atoms with E-state index >= 15 is 0 Å². The summed E-state index contributed by atoms with van der Waals surface area (Å²) >= 11 is 1.50. The number of hydrogen-bond donors (Lipinski definition) is 2. The SMILES string of the molecule is CCCc1nnsc1CNC(C)CNCCOC. The van der Waals surface area contributed by atoms with Gasteiger partial charge in [-0.15, -0.1) is 5.10 Å². The molecule has 0 saturated heterocycles. The Kier molecular flexibility index (Phi) is 8.08. The van der Waals surface area contributed by atoms with Crippen LogP contribution in [0.3, 0.4) is 0 Å². The second-order valence-electron chi connectivity index (χ2n) is 4.37. The van der Waals surface area contributed by atoms with E-state index < -0.39 is 0 Å². The van der Waals surface area contributed by atoms with E-state index in [0.29, 0.717) is 6.04 Å². The molecule has 0 amide bonds. The third kappa shape index (κ3) is 5.86. The Morgan fingerprint density at radius 1 is 1.44 bits per heavy atom. The Labute approximate surface area is 113 Å². The molecule has 0 bridgehead atoms. The molecular formula is C12H24N4OS. The van der Waals surface area contributed by atoms with E-state index in [1.165, 1.54) is 16.4 Å². The van der Waals surface area contributed by atoms with Gasteiger partial charge in [0.25, 0.3) is 0 Å². The molecule has 1 atom stereocenters. The molecule has 0 aliphatic heterocycles. The minimum absolute atomic E-state index is 0.429. The quantitative estimate of drug-likeness (QED) is 0.627. The van der Waals surface area contributed by atoms with E-state index in [0.717, 1.165) is 44.8 Å². The topological polar surface area (TPSA) is 59.1 Å². The lowest BCUT2D eigenvalue weighted by Crippen LogP contribution is -2.37. The zero-order valence-corrected chi connectivity index (χ0v) is 12.3. The minimum Gasteiger partial charge on any atom is -0.383 e. The zero-order valence-electron chi connectivity index (χ0n) is 11.5. The van der Waals surface area contributed by atoms with Crippen LogP contribution in [0.25, 0.3) is 0 Å². The smallest absolute Gasteiger partial charge is 0.0800 e. The first-order valence-corrected chi connectivity index (χ1v) is 7.28. The Hall–Kier alpha value is -0.560. The van der Waals surface area contributed by atoms with Gasteiger partial charge in [-0.2, -0.15) is 0 Å². The van der Waals surface area contributed by atoms with Gasteiger partial charge in [-0.25, -0.2) is 0 Å². The molecule has 0 aromatic carbocycles. The number of nitrogens with zero attached hydrogens (tertiary/aromatic N) is 2. The number of methoxy groups -OCH3 is 1. The molecule has 0 aliphatic carbocycles. The zero-order chi connectivity index (χ0) is 13.2. The first-order chi connectivity index (χ1) is 8.77. The van der Waals surface area contributed by atoms with Gasteiger partial charge >= 0.3 is 0 Å². The van der Waals surface area contributed by atoms with E-state index in [2.05, 4.69) is 34.1 Å². The van der Waals surface area contributed by atoms with Gasteiger partial charge in [0.1, 0.15) is 0 Å². The van der Waals surface area contributed by atoms with Crippen molar-refractivity contribution >= 4 is 11.5 Å². The molecular weight excluding hydrogens is 248 g/mol. The lowest BCUT2D eigenvalue weighted by atomic mass is 10.2. The van der Waals surface area contributed by atoms with Gasteiger partial charge in [0, 0.05) is 32.8 Å². The molecule has 1 unspecified atom stereocenters. The van der Waals surface area contributed by atoms with Crippen molar-refractivity contribution in [2.45, 2.75) is 39.3 Å². The largest absolute Gasteiger partial charge is 0.383 e. The second-order valence-corrected chi connectivity index (χ2v) is 5.21. The van der Waals surface area contributed by atoms with Crippen LogP contribution >= 0.6 is 11.5 Å².